The number of oxazole rings is 1. The molecule has 0 saturated carbocycles. The summed E-state index contributed by atoms with van der Waals surface area (Å²) in [5, 5.41) is 0. The molecule has 0 fully saturated rings. The molecule has 0 spiro atoms. The van der Waals surface area contributed by atoms with Crippen molar-refractivity contribution in [2.24, 2.45) is 0 Å². The number of hydrogen-bond donors (Lipinski definition) is 1. The lowest BCUT2D eigenvalue weighted by atomic mass is 10.1. The van der Waals surface area contributed by atoms with E-state index in [9.17, 15) is 13.2 Å². The lowest BCUT2D eigenvalue weighted by Crippen LogP contribution is -2.24. The number of aromatic nitrogens is 1. The van der Waals surface area contributed by atoms with E-state index < -0.39 is 16.0 Å². The molecule has 0 saturated heterocycles. The van der Waals surface area contributed by atoms with Crippen molar-refractivity contribution in [3.8, 4) is 0 Å². The Hall–Kier alpha value is -2.71. The molecule has 8 heteroatoms. The van der Waals surface area contributed by atoms with Crippen LogP contribution in [-0.2, 0) is 27.8 Å². The Morgan fingerprint density at radius 2 is 1.88 bits per heavy atom. The van der Waals surface area contributed by atoms with Gasteiger partial charge in [0.1, 0.15) is 5.52 Å². The Morgan fingerprint density at radius 1 is 1.15 bits per heavy atom. The van der Waals surface area contributed by atoms with Crippen LogP contribution < -0.4 is 4.72 Å². The van der Waals surface area contributed by atoms with Crippen LogP contribution in [-0.4, -0.2) is 32.2 Å². The van der Waals surface area contributed by atoms with Gasteiger partial charge in [-0.15, -0.1) is 0 Å². The molecule has 0 aliphatic heterocycles. The molecule has 0 unspecified atom stereocenters. The van der Waals surface area contributed by atoms with Gasteiger partial charge in [0.25, 0.3) is 0 Å². The first kappa shape index (κ1) is 18.1. The quantitative estimate of drug-likeness (QED) is 0.637. The zero-order valence-corrected chi connectivity index (χ0v) is 15.0. The molecule has 136 valence electrons. The zero-order chi connectivity index (χ0) is 18.6. The number of hydrogen-bond acceptors (Lipinski definition) is 6. The smallest absolute Gasteiger partial charge is 0.338 e. The van der Waals surface area contributed by atoms with Crippen LogP contribution in [0.4, 0.5) is 0 Å². The summed E-state index contributed by atoms with van der Waals surface area (Å²) in [4.78, 5) is 16.4. The number of nitrogens with one attached hydrogen (secondary N) is 1. The van der Waals surface area contributed by atoms with E-state index in [1.165, 1.54) is 0 Å². The fourth-order valence-electron chi connectivity index (χ4n) is 2.38. The maximum absolute atomic E-state index is 12.1. The third-order valence-electron chi connectivity index (χ3n) is 3.63. The van der Waals surface area contributed by atoms with Crippen molar-refractivity contribution in [3.63, 3.8) is 0 Å². The molecule has 26 heavy (non-hydrogen) atoms. The molecule has 0 amide bonds. The highest BCUT2D eigenvalue weighted by molar-refractivity contribution is 7.88. The minimum atomic E-state index is -3.20. The molecule has 0 radical (unpaired) electrons. The molecule has 7 nitrogen and oxygen atoms in total. The summed E-state index contributed by atoms with van der Waals surface area (Å²) in [6, 6.07) is 14.1. The molecule has 2 aromatic carbocycles. The maximum atomic E-state index is 12.1. The summed E-state index contributed by atoms with van der Waals surface area (Å²) in [6.07, 6.45) is 1.65. The van der Waals surface area contributed by atoms with Gasteiger partial charge in [0.15, 0.2) is 12.2 Å². The molecule has 1 N–H and O–H groups in total. The molecular weight excluding hydrogens is 356 g/mol. The largest absolute Gasteiger partial charge is 0.452 e. The predicted octanol–water partition coefficient (Wildman–Crippen LogP) is 2.28. The summed E-state index contributed by atoms with van der Waals surface area (Å²) in [6.45, 7) is 0.258. The Labute approximate surface area is 151 Å². The monoisotopic (exact) mass is 374 g/mol. The lowest BCUT2D eigenvalue weighted by Gasteiger charge is -2.05. The van der Waals surface area contributed by atoms with E-state index in [0.717, 1.165) is 11.8 Å². The number of para-hydroxylation sites is 2. The molecule has 0 bridgehead atoms. The second-order valence-electron chi connectivity index (χ2n) is 5.76. The topological polar surface area (TPSA) is 98.5 Å². The third kappa shape index (κ3) is 4.90. The minimum absolute atomic E-state index is 0.0481. The number of carbonyl (C=O) groups excluding carboxylic acids is 1. The van der Waals surface area contributed by atoms with Crippen molar-refractivity contribution in [2.75, 3.05) is 12.8 Å². The van der Waals surface area contributed by atoms with E-state index in [1.54, 1.807) is 30.3 Å². The van der Waals surface area contributed by atoms with Gasteiger partial charge in [-0.25, -0.2) is 22.9 Å². The second-order valence-corrected chi connectivity index (χ2v) is 7.60. The number of sulfonamides is 1. The van der Waals surface area contributed by atoms with Crippen molar-refractivity contribution in [3.05, 3.63) is 65.5 Å². The van der Waals surface area contributed by atoms with Crippen molar-refractivity contribution < 1.29 is 22.4 Å². The average molecular weight is 374 g/mol. The highest BCUT2D eigenvalue weighted by atomic mass is 32.2. The van der Waals surface area contributed by atoms with Crippen LogP contribution in [0, 0.1) is 0 Å². The van der Waals surface area contributed by atoms with E-state index in [2.05, 4.69) is 9.71 Å². The summed E-state index contributed by atoms with van der Waals surface area (Å²) in [5.74, 6) is -0.143. The number of carbonyl (C=O) groups is 1. The Morgan fingerprint density at radius 3 is 2.58 bits per heavy atom. The van der Waals surface area contributed by atoms with Crippen LogP contribution in [0.2, 0.25) is 0 Å². The number of nitrogens with zero attached hydrogens (tertiary/aromatic N) is 1. The average Bonchev–Trinajstić information content (AvgIpc) is 3.02. The minimum Gasteiger partial charge on any atom is -0.452 e. The third-order valence-corrected chi connectivity index (χ3v) is 4.36. The van der Waals surface area contributed by atoms with Crippen molar-refractivity contribution >= 4 is 27.1 Å². The highest BCUT2D eigenvalue weighted by Crippen LogP contribution is 2.16. The van der Waals surface area contributed by atoms with Crippen LogP contribution in [0.5, 0.6) is 0 Å². The van der Waals surface area contributed by atoms with E-state index in [1.807, 2.05) is 18.2 Å². The fourth-order valence-corrected chi connectivity index (χ4v) is 2.85. The summed E-state index contributed by atoms with van der Waals surface area (Å²) >= 11 is 0. The van der Waals surface area contributed by atoms with Gasteiger partial charge >= 0.3 is 5.97 Å². The van der Waals surface area contributed by atoms with Crippen LogP contribution >= 0.6 is 0 Å². The maximum Gasteiger partial charge on any atom is 0.338 e. The first-order valence-corrected chi connectivity index (χ1v) is 9.85. The predicted molar refractivity (Wildman–Crippen MR) is 96.1 cm³/mol. The van der Waals surface area contributed by atoms with Crippen LogP contribution in [0.3, 0.4) is 0 Å². The standard InChI is InChI=1S/C18H18N2O5S/c1-26(22,23)19-11-10-13-6-8-14(9-7-13)18(21)24-12-17-20-15-4-2-3-5-16(15)25-17/h2-9,19H,10-12H2,1H3. The number of rotatable bonds is 7. The molecule has 3 aromatic rings. The van der Waals surface area contributed by atoms with Crippen LogP contribution in [0.1, 0.15) is 21.8 Å². The Balaban J connectivity index is 1.54. The summed E-state index contributed by atoms with van der Waals surface area (Å²) < 4.78 is 35.2. The van der Waals surface area contributed by atoms with Crippen molar-refractivity contribution in [1.82, 2.24) is 9.71 Å². The summed E-state index contributed by atoms with van der Waals surface area (Å²) in [5.41, 5.74) is 2.67. The Bertz CT molecular complexity index is 976. The first-order chi connectivity index (χ1) is 12.4. The van der Waals surface area contributed by atoms with Gasteiger partial charge in [0.05, 0.1) is 11.8 Å². The van der Waals surface area contributed by atoms with E-state index in [-0.39, 0.29) is 6.61 Å². The molecule has 1 heterocycles. The SMILES string of the molecule is CS(=O)(=O)NCCc1ccc(C(=O)OCc2nc3ccccc3o2)cc1. The van der Waals surface area contributed by atoms with Gasteiger partial charge in [-0.3, -0.25) is 0 Å². The number of benzene rings is 2. The van der Waals surface area contributed by atoms with Gasteiger partial charge in [0, 0.05) is 6.54 Å². The van der Waals surface area contributed by atoms with E-state index in [0.29, 0.717) is 35.5 Å². The molecule has 1 aromatic heterocycles. The van der Waals surface area contributed by atoms with Gasteiger partial charge < -0.3 is 9.15 Å². The Kier molecular flexibility index (Phi) is 5.34. The molecular formula is C18H18N2O5S. The number of esters is 1. The van der Waals surface area contributed by atoms with Gasteiger partial charge in [-0.2, -0.15) is 0 Å². The normalized spacial score (nSPS) is 11.6. The molecule has 0 aliphatic rings. The number of ether oxygens (including phenoxy) is 1. The van der Waals surface area contributed by atoms with E-state index in [4.69, 9.17) is 9.15 Å². The molecule has 3 rings (SSSR count). The van der Waals surface area contributed by atoms with Gasteiger partial charge in [-0.1, -0.05) is 24.3 Å². The first-order valence-electron chi connectivity index (χ1n) is 7.96. The van der Waals surface area contributed by atoms with E-state index >= 15 is 0 Å². The highest BCUT2D eigenvalue weighted by Gasteiger charge is 2.11. The van der Waals surface area contributed by atoms with Gasteiger partial charge in [0.2, 0.25) is 15.9 Å². The fraction of sp³-hybridized carbons (Fsp3) is 0.222. The van der Waals surface area contributed by atoms with Crippen LogP contribution in [0.25, 0.3) is 11.1 Å². The molecule has 0 atom stereocenters. The van der Waals surface area contributed by atoms with Crippen LogP contribution in [0.15, 0.2) is 52.9 Å². The summed E-state index contributed by atoms with van der Waals surface area (Å²) in [7, 11) is -3.20. The van der Waals surface area contributed by atoms with Crippen molar-refractivity contribution in [1.29, 1.82) is 0 Å². The van der Waals surface area contributed by atoms with Gasteiger partial charge in [-0.05, 0) is 36.2 Å². The van der Waals surface area contributed by atoms with Crippen molar-refractivity contribution in [2.45, 2.75) is 13.0 Å². The zero-order valence-electron chi connectivity index (χ0n) is 14.1. The lowest BCUT2D eigenvalue weighted by molar-refractivity contribution is 0.0440. The number of fused-ring (bicyclic) bond motifs is 1. The second kappa shape index (κ2) is 7.67. The molecule has 0 aliphatic carbocycles.